The van der Waals surface area contributed by atoms with Gasteiger partial charge in [-0.25, -0.2) is 4.98 Å². The maximum Gasteiger partial charge on any atom is 0.310 e. The Labute approximate surface area is 80.2 Å². The molecule has 0 aliphatic heterocycles. The van der Waals surface area contributed by atoms with Gasteiger partial charge in [-0.3, -0.25) is 4.79 Å². The Kier molecular flexibility index (Phi) is 1.96. The van der Waals surface area contributed by atoms with Crippen molar-refractivity contribution in [3.05, 3.63) is 30.2 Å². The molecule has 0 spiro atoms. The molecule has 0 radical (unpaired) electrons. The molecule has 1 heterocycles. The number of rotatable bonds is 2. The standard InChI is InChI=1S/C10H9NO3/c1-6(10(12)13)7-2-3-9-8(4-7)11-5-14-9/h2-6H,1H3,(H,12,13)/t6-/m1/s1. The van der Waals surface area contributed by atoms with Crippen molar-refractivity contribution >= 4 is 17.1 Å². The topological polar surface area (TPSA) is 63.3 Å². The molecule has 4 heteroatoms. The second-order valence-corrected chi connectivity index (χ2v) is 3.14. The van der Waals surface area contributed by atoms with Crippen LogP contribution in [0.15, 0.2) is 29.0 Å². The van der Waals surface area contributed by atoms with Crippen molar-refractivity contribution in [2.24, 2.45) is 0 Å². The lowest BCUT2D eigenvalue weighted by atomic mass is 10.0. The highest BCUT2D eigenvalue weighted by Crippen LogP contribution is 2.20. The highest BCUT2D eigenvalue weighted by atomic mass is 16.4. The number of carbonyl (C=O) groups is 1. The van der Waals surface area contributed by atoms with E-state index in [-0.39, 0.29) is 0 Å². The molecule has 1 atom stereocenters. The zero-order valence-corrected chi connectivity index (χ0v) is 7.60. The first-order chi connectivity index (χ1) is 6.68. The molecule has 0 fully saturated rings. The van der Waals surface area contributed by atoms with Crippen molar-refractivity contribution in [2.45, 2.75) is 12.8 Å². The van der Waals surface area contributed by atoms with E-state index in [9.17, 15) is 4.79 Å². The molecular formula is C10H9NO3. The Morgan fingerprint density at radius 2 is 2.36 bits per heavy atom. The summed E-state index contributed by atoms with van der Waals surface area (Å²) in [5.74, 6) is -1.36. The maximum atomic E-state index is 10.7. The summed E-state index contributed by atoms with van der Waals surface area (Å²) in [7, 11) is 0. The number of benzene rings is 1. The van der Waals surface area contributed by atoms with Crippen molar-refractivity contribution in [2.75, 3.05) is 0 Å². The predicted molar refractivity (Wildman–Crippen MR) is 50.1 cm³/mol. The van der Waals surface area contributed by atoms with Crippen molar-refractivity contribution in [3.63, 3.8) is 0 Å². The molecule has 0 saturated heterocycles. The fraction of sp³-hybridized carbons (Fsp3) is 0.200. The van der Waals surface area contributed by atoms with Crippen molar-refractivity contribution in [1.82, 2.24) is 4.98 Å². The van der Waals surface area contributed by atoms with Crippen molar-refractivity contribution < 1.29 is 14.3 Å². The Balaban J connectivity index is 2.48. The van der Waals surface area contributed by atoms with E-state index in [0.717, 1.165) is 5.56 Å². The number of carboxylic acids is 1. The van der Waals surface area contributed by atoms with Gasteiger partial charge in [0, 0.05) is 0 Å². The van der Waals surface area contributed by atoms with Crippen LogP contribution in [0.2, 0.25) is 0 Å². The third-order valence-electron chi connectivity index (χ3n) is 2.22. The van der Waals surface area contributed by atoms with Gasteiger partial charge < -0.3 is 9.52 Å². The molecule has 72 valence electrons. The van der Waals surface area contributed by atoms with Gasteiger partial charge >= 0.3 is 5.97 Å². The van der Waals surface area contributed by atoms with Crippen LogP contribution in [0.1, 0.15) is 18.4 Å². The van der Waals surface area contributed by atoms with Crippen LogP contribution in [0, 0.1) is 0 Å². The van der Waals surface area contributed by atoms with Gasteiger partial charge in [0.25, 0.3) is 0 Å². The average molecular weight is 191 g/mol. The third kappa shape index (κ3) is 1.35. The smallest absolute Gasteiger partial charge is 0.310 e. The Bertz CT molecular complexity index is 475. The fourth-order valence-electron chi connectivity index (χ4n) is 1.29. The third-order valence-corrected chi connectivity index (χ3v) is 2.22. The monoisotopic (exact) mass is 191 g/mol. The van der Waals surface area contributed by atoms with E-state index in [2.05, 4.69) is 4.98 Å². The fourth-order valence-corrected chi connectivity index (χ4v) is 1.29. The highest BCUT2D eigenvalue weighted by Gasteiger charge is 2.14. The molecule has 1 aromatic heterocycles. The first-order valence-electron chi connectivity index (χ1n) is 4.24. The van der Waals surface area contributed by atoms with Crippen LogP contribution in [0.5, 0.6) is 0 Å². The summed E-state index contributed by atoms with van der Waals surface area (Å²) in [5, 5.41) is 8.81. The molecule has 0 aliphatic rings. The van der Waals surface area contributed by atoms with Crippen LogP contribution in [-0.2, 0) is 4.79 Å². The van der Waals surface area contributed by atoms with E-state index in [1.807, 2.05) is 0 Å². The molecule has 4 nitrogen and oxygen atoms in total. The van der Waals surface area contributed by atoms with Crippen molar-refractivity contribution in [3.8, 4) is 0 Å². The van der Waals surface area contributed by atoms with Crippen LogP contribution in [0.4, 0.5) is 0 Å². The number of hydrogen-bond donors (Lipinski definition) is 1. The first-order valence-corrected chi connectivity index (χ1v) is 4.24. The number of fused-ring (bicyclic) bond motifs is 1. The van der Waals surface area contributed by atoms with Gasteiger partial charge in [-0.15, -0.1) is 0 Å². The van der Waals surface area contributed by atoms with Crippen LogP contribution < -0.4 is 0 Å². The molecule has 1 N–H and O–H groups in total. The van der Waals surface area contributed by atoms with Crippen LogP contribution >= 0.6 is 0 Å². The van der Waals surface area contributed by atoms with Crippen LogP contribution in [0.25, 0.3) is 11.1 Å². The minimum Gasteiger partial charge on any atom is -0.481 e. The molecule has 0 amide bonds. The summed E-state index contributed by atoms with van der Waals surface area (Å²) in [5.41, 5.74) is 2.10. The minimum absolute atomic E-state index is 0.518. The summed E-state index contributed by atoms with van der Waals surface area (Å²) in [4.78, 5) is 14.7. The minimum atomic E-state index is -0.840. The van der Waals surface area contributed by atoms with Gasteiger partial charge in [0.1, 0.15) is 5.52 Å². The van der Waals surface area contributed by atoms with Gasteiger partial charge in [0.05, 0.1) is 5.92 Å². The molecule has 0 aliphatic carbocycles. The van der Waals surface area contributed by atoms with Gasteiger partial charge in [-0.1, -0.05) is 6.07 Å². The van der Waals surface area contributed by atoms with E-state index in [1.165, 1.54) is 6.39 Å². The number of nitrogens with zero attached hydrogens (tertiary/aromatic N) is 1. The van der Waals surface area contributed by atoms with E-state index in [4.69, 9.17) is 9.52 Å². The molecule has 1 aromatic carbocycles. The van der Waals surface area contributed by atoms with Gasteiger partial charge in [0.2, 0.25) is 0 Å². The lowest BCUT2D eigenvalue weighted by Gasteiger charge is -2.04. The van der Waals surface area contributed by atoms with Gasteiger partial charge in [-0.05, 0) is 24.6 Å². The molecule has 2 aromatic rings. The zero-order chi connectivity index (χ0) is 10.1. The van der Waals surface area contributed by atoms with E-state index in [1.54, 1.807) is 25.1 Å². The molecule has 0 bridgehead atoms. The summed E-state index contributed by atoms with van der Waals surface area (Å²) in [6, 6.07) is 5.21. The number of aromatic nitrogens is 1. The van der Waals surface area contributed by atoms with E-state index < -0.39 is 11.9 Å². The second kappa shape index (κ2) is 3.14. The highest BCUT2D eigenvalue weighted by molar-refractivity contribution is 5.79. The summed E-state index contributed by atoms with van der Waals surface area (Å²) in [6.07, 6.45) is 1.35. The molecule has 0 unspecified atom stereocenters. The molecule has 14 heavy (non-hydrogen) atoms. The number of aliphatic carboxylic acids is 1. The second-order valence-electron chi connectivity index (χ2n) is 3.14. The lowest BCUT2D eigenvalue weighted by molar-refractivity contribution is -0.138. The van der Waals surface area contributed by atoms with Gasteiger partial charge in [0.15, 0.2) is 12.0 Å². The normalized spacial score (nSPS) is 12.9. The van der Waals surface area contributed by atoms with Crippen molar-refractivity contribution in [1.29, 1.82) is 0 Å². The van der Waals surface area contributed by atoms with E-state index >= 15 is 0 Å². The zero-order valence-electron chi connectivity index (χ0n) is 7.60. The average Bonchev–Trinajstić information content (AvgIpc) is 2.62. The van der Waals surface area contributed by atoms with E-state index in [0.29, 0.717) is 11.1 Å². The molecular weight excluding hydrogens is 182 g/mol. The Morgan fingerprint density at radius 3 is 3.07 bits per heavy atom. The lowest BCUT2D eigenvalue weighted by Crippen LogP contribution is -2.06. The number of oxazole rings is 1. The number of hydrogen-bond acceptors (Lipinski definition) is 3. The van der Waals surface area contributed by atoms with Gasteiger partial charge in [-0.2, -0.15) is 0 Å². The number of carboxylic acid groups (broad SMARTS) is 1. The Hall–Kier alpha value is -1.84. The summed E-state index contributed by atoms with van der Waals surface area (Å²) < 4.78 is 5.05. The predicted octanol–water partition coefficient (Wildman–Crippen LogP) is 2.02. The Morgan fingerprint density at radius 1 is 1.57 bits per heavy atom. The van der Waals surface area contributed by atoms with Crippen LogP contribution in [-0.4, -0.2) is 16.1 Å². The SMILES string of the molecule is C[C@@H](C(=O)O)c1ccc2ocnc2c1. The molecule has 0 saturated carbocycles. The quantitative estimate of drug-likeness (QED) is 0.788. The molecule has 2 rings (SSSR count). The summed E-state index contributed by atoms with van der Waals surface area (Å²) >= 11 is 0. The maximum absolute atomic E-state index is 10.7. The largest absolute Gasteiger partial charge is 0.481 e. The first kappa shape index (κ1) is 8.74. The summed E-state index contributed by atoms with van der Waals surface area (Å²) in [6.45, 7) is 1.64. The van der Waals surface area contributed by atoms with Crippen LogP contribution in [0.3, 0.4) is 0 Å².